The Kier molecular flexibility index (Phi) is 6.01. The van der Waals surface area contributed by atoms with Gasteiger partial charge in [-0.1, -0.05) is 0 Å². The largest absolute Gasteiger partial charge is 0.405 e. The van der Waals surface area contributed by atoms with Gasteiger partial charge in [0.15, 0.2) is 0 Å². The Morgan fingerprint density at radius 1 is 1.08 bits per heavy atom. The standard InChI is InChI=1S/C14H17F4N3O3S/c15-11-1-3-12(4-2-11)25(23,24)21-7-5-20(6-8-21)9-13(22)19-10-14(16,17)18/h1-4H,5-10H2,(H,19,22). The fourth-order valence-corrected chi connectivity index (χ4v) is 3.76. The Morgan fingerprint density at radius 3 is 2.16 bits per heavy atom. The van der Waals surface area contributed by atoms with Crippen LogP contribution in [0.2, 0.25) is 0 Å². The third-order valence-electron chi connectivity index (χ3n) is 3.64. The normalized spacial score (nSPS) is 17.4. The lowest BCUT2D eigenvalue weighted by Crippen LogP contribution is -2.51. The summed E-state index contributed by atoms with van der Waals surface area (Å²) in [6.07, 6.45) is -4.47. The number of amides is 1. The lowest BCUT2D eigenvalue weighted by Gasteiger charge is -2.33. The summed E-state index contributed by atoms with van der Waals surface area (Å²) in [5.74, 6) is -1.32. The van der Waals surface area contributed by atoms with Gasteiger partial charge in [0.25, 0.3) is 0 Å². The second-order valence-corrected chi connectivity index (χ2v) is 7.46. The fourth-order valence-electron chi connectivity index (χ4n) is 2.34. The molecule has 1 heterocycles. The molecule has 0 unspecified atom stereocenters. The zero-order valence-electron chi connectivity index (χ0n) is 13.1. The lowest BCUT2D eigenvalue weighted by molar-refractivity contribution is -0.139. The predicted octanol–water partition coefficient (Wildman–Crippen LogP) is 0.810. The molecule has 1 aliphatic heterocycles. The molecule has 0 atom stereocenters. The zero-order valence-corrected chi connectivity index (χ0v) is 13.9. The number of halogens is 4. The highest BCUT2D eigenvalue weighted by Crippen LogP contribution is 2.18. The Morgan fingerprint density at radius 2 is 1.64 bits per heavy atom. The van der Waals surface area contributed by atoms with Crippen molar-refractivity contribution in [1.29, 1.82) is 0 Å². The molecule has 140 valence electrons. The van der Waals surface area contributed by atoms with Crippen molar-refractivity contribution >= 4 is 15.9 Å². The number of hydrogen-bond acceptors (Lipinski definition) is 4. The molecule has 2 rings (SSSR count). The highest BCUT2D eigenvalue weighted by atomic mass is 32.2. The minimum atomic E-state index is -4.47. The van der Waals surface area contributed by atoms with Crippen LogP contribution in [0.15, 0.2) is 29.2 Å². The Labute approximate surface area is 142 Å². The lowest BCUT2D eigenvalue weighted by atomic mass is 10.3. The maximum Gasteiger partial charge on any atom is 0.405 e. The first kappa shape index (κ1) is 19.6. The van der Waals surface area contributed by atoms with E-state index in [1.807, 2.05) is 0 Å². The number of piperazine rings is 1. The number of benzene rings is 1. The Bertz CT molecular complexity index is 699. The maximum absolute atomic E-state index is 12.9. The summed E-state index contributed by atoms with van der Waals surface area (Å²) in [6.45, 7) is -1.04. The van der Waals surface area contributed by atoms with Crippen molar-refractivity contribution in [3.8, 4) is 0 Å². The van der Waals surface area contributed by atoms with Crippen LogP contribution in [0.1, 0.15) is 0 Å². The van der Waals surface area contributed by atoms with Gasteiger partial charge in [-0.3, -0.25) is 9.69 Å². The molecule has 1 saturated heterocycles. The topological polar surface area (TPSA) is 69.7 Å². The number of rotatable bonds is 5. The van der Waals surface area contributed by atoms with E-state index in [2.05, 4.69) is 0 Å². The van der Waals surface area contributed by atoms with Gasteiger partial charge >= 0.3 is 6.18 Å². The van der Waals surface area contributed by atoms with Gasteiger partial charge in [-0.15, -0.1) is 0 Å². The molecule has 1 N–H and O–H groups in total. The molecule has 1 aliphatic rings. The van der Waals surface area contributed by atoms with E-state index >= 15 is 0 Å². The molecule has 0 spiro atoms. The van der Waals surface area contributed by atoms with E-state index in [1.165, 1.54) is 16.4 Å². The van der Waals surface area contributed by atoms with Crippen molar-refractivity contribution in [3.05, 3.63) is 30.1 Å². The molecule has 0 bridgehead atoms. The predicted molar refractivity (Wildman–Crippen MR) is 80.7 cm³/mol. The Hall–Kier alpha value is -1.72. The van der Waals surface area contributed by atoms with E-state index in [9.17, 15) is 30.8 Å². The number of sulfonamides is 1. The SMILES string of the molecule is O=C(CN1CCN(S(=O)(=O)c2ccc(F)cc2)CC1)NCC(F)(F)F. The molecular weight excluding hydrogens is 366 g/mol. The Balaban J connectivity index is 1.87. The van der Waals surface area contributed by atoms with Crippen molar-refractivity contribution in [1.82, 2.24) is 14.5 Å². The molecule has 1 aromatic carbocycles. The fraction of sp³-hybridized carbons (Fsp3) is 0.500. The number of alkyl halides is 3. The third kappa shape index (κ3) is 5.65. The van der Waals surface area contributed by atoms with Gasteiger partial charge in [-0.25, -0.2) is 12.8 Å². The van der Waals surface area contributed by atoms with Crippen molar-refractivity contribution in [2.45, 2.75) is 11.1 Å². The summed E-state index contributed by atoms with van der Waals surface area (Å²) in [4.78, 5) is 13.0. The van der Waals surface area contributed by atoms with Crippen LogP contribution in [0, 0.1) is 5.82 Å². The van der Waals surface area contributed by atoms with Crippen molar-refractivity contribution in [2.75, 3.05) is 39.3 Å². The van der Waals surface area contributed by atoms with E-state index in [0.29, 0.717) is 0 Å². The molecule has 0 saturated carbocycles. The van der Waals surface area contributed by atoms with E-state index in [1.54, 1.807) is 10.2 Å². The second-order valence-electron chi connectivity index (χ2n) is 5.53. The van der Waals surface area contributed by atoms with Crippen LogP contribution in [-0.2, 0) is 14.8 Å². The van der Waals surface area contributed by atoms with Gasteiger partial charge in [0.2, 0.25) is 15.9 Å². The first-order chi connectivity index (χ1) is 11.6. The van der Waals surface area contributed by atoms with Crippen LogP contribution in [0.5, 0.6) is 0 Å². The number of carbonyl (C=O) groups excluding carboxylic acids is 1. The number of carbonyl (C=O) groups is 1. The van der Waals surface area contributed by atoms with Gasteiger partial charge < -0.3 is 5.32 Å². The molecule has 1 aromatic rings. The number of nitrogens with one attached hydrogen (secondary N) is 1. The molecular formula is C14H17F4N3O3S. The van der Waals surface area contributed by atoms with Crippen LogP contribution in [0.25, 0.3) is 0 Å². The molecule has 6 nitrogen and oxygen atoms in total. The van der Waals surface area contributed by atoms with Gasteiger partial charge in [-0.2, -0.15) is 17.5 Å². The van der Waals surface area contributed by atoms with E-state index < -0.39 is 34.5 Å². The summed E-state index contributed by atoms with van der Waals surface area (Å²) in [7, 11) is -3.77. The molecule has 0 aliphatic carbocycles. The molecule has 1 fully saturated rings. The molecule has 0 radical (unpaired) electrons. The van der Waals surface area contributed by atoms with Crippen LogP contribution < -0.4 is 5.32 Å². The number of nitrogens with zero attached hydrogens (tertiary/aromatic N) is 2. The van der Waals surface area contributed by atoms with Gasteiger partial charge in [0, 0.05) is 26.2 Å². The quantitative estimate of drug-likeness (QED) is 0.764. The monoisotopic (exact) mass is 383 g/mol. The van der Waals surface area contributed by atoms with Crippen LogP contribution >= 0.6 is 0 Å². The van der Waals surface area contributed by atoms with Crippen LogP contribution in [0.4, 0.5) is 17.6 Å². The number of hydrogen-bond donors (Lipinski definition) is 1. The molecule has 11 heteroatoms. The summed E-state index contributed by atoms with van der Waals surface area (Å²) in [5.41, 5.74) is 0. The van der Waals surface area contributed by atoms with E-state index in [4.69, 9.17) is 0 Å². The summed E-state index contributed by atoms with van der Waals surface area (Å²) in [6, 6.07) is 4.44. The zero-order chi connectivity index (χ0) is 18.7. The average Bonchev–Trinajstić information content (AvgIpc) is 2.53. The highest BCUT2D eigenvalue weighted by Gasteiger charge is 2.30. The minimum absolute atomic E-state index is 0.0368. The van der Waals surface area contributed by atoms with Crippen LogP contribution in [-0.4, -0.2) is 69.0 Å². The maximum atomic E-state index is 12.9. The van der Waals surface area contributed by atoms with Gasteiger partial charge in [-0.05, 0) is 24.3 Å². The van der Waals surface area contributed by atoms with Crippen molar-refractivity contribution in [3.63, 3.8) is 0 Å². The summed E-state index contributed by atoms with van der Waals surface area (Å²) < 4.78 is 75.1. The molecule has 1 amide bonds. The molecule has 25 heavy (non-hydrogen) atoms. The smallest absolute Gasteiger partial charge is 0.346 e. The average molecular weight is 383 g/mol. The second kappa shape index (κ2) is 7.67. The first-order valence-electron chi connectivity index (χ1n) is 7.39. The minimum Gasteiger partial charge on any atom is -0.346 e. The highest BCUT2D eigenvalue weighted by molar-refractivity contribution is 7.89. The van der Waals surface area contributed by atoms with E-state index in [0.717, 1.165) is 12.1 Å². The molecule has 0 aromatic heterocycles. The summed E-state index contributed by atoms with van der Waals surface area (Å²) >= 11 is 0. The van der Waals surface area contributed by atoms with Crippen molar-refractivity contribution < 1.29 is 30.8 Å². The summed E-state index contributed by atoms with van der Waals surface area (Å²) in [5, 5.41) is 1.77. The third-order valence-corrected chi connectivity index (χ3v) is 5.55. The van der Waals surface area contributed by atoms with Gasteiger partial charge in [0.05, 0.1) is 11.4 Å². The first-order valence-corrected chi connectivity index (χ1v) is 8.83. The van der Waals surface area contributed by atoms with Crippen molar-refractivity contribution in [2.24, 2.45) is 0 Å². The van der Waals surface area contributed by atoms with Gasteiger partial charge in [0.1, 0.15) is 12.4 Å². The van der Waals surface area contributed by atoms with Crippen LogP contribution in [0.3, 0.4) is 0 Å². The van der Waals surface area contributed by atoms with E-state index in [-0.39, 0.29) is 37.6 Å².